The molecular weight excluding hydrogens is 386 g/mol. The quantitative estimate of drug-likeness (QED) is 0.227. The summed E-state index contributed by atoms with van der Waals surface area (Å²) >= 11 is 0. The number of carbonyl (C=O) groups is 5. The highest BCUT2D eigenvalue weighted by molar-refractivity contribution is 5.94. The molecule has 0 heterocycles. The third kappa shape index (κ3) is 9.19. The van der Waals surface area contributed by atoms with Gasteiger partial charge in [0.1, 0.15) is 18.7 Å². The number of nitrogens with one attached hydrogen (secondary N) is 3. The van der Waals surface area contributed by atoms with Gasteiger partial charge in [0.25, 0.3) is 0 Å². The minimum Gasteiger partial charge on any atom is -0.445 e. The lowest BCUT2D eigenvalue weighted by atomic mass is 10.1. The summed E-state index contributed by atoms with van der Waals surface area (Å²) in [5, 5.41) is 15.7. The maximum atomic E-state index is 12.3. The van der Waals surface area contributed by atoms with E-state index in [2.05, 4.69) is 16.0 Å². The van der Waals surface area contributed by atoms with Crippen LogP contribution in [0.1, 0.15) is 12.0 Å². The fourth-order valence-electron chi connectivity index (χ4n) is 2.08. The second kappa shape index (κ2) is 11.9. The van der Waals surface area contributed by atoms with Gasteiger partial charge in [-0.3, -0.25) is 19.2 Å². The Balaban J connectivity index is 2.68. The van der Waals surface area contributed by atoms with Crippen LogP contribution < -0.4 is 27.4 Å². The summed E-state index contributed by atoms with van der Waals surface area (Å²) in [6, 6.07) is 5.83. The lowest BCUT2D eigenvalue weighted by Crippen LogP contribution is -2.56. The fourth-order valence-corrected chi connectivity index (χ4v) is 2.08. The fraction of sp³-hybridized carbons (Fsp3) is 0.353. The Bertz CT molecular complexity index is 741. The largest absolute Gasteiger partial charge is 0.445 e. The molecule has 8 N–H and O–H groups in total. The van der Waals surface area contributed by atoms with E-state index in [4.69, 9.17) is 16.2 Å². The van der Waals surface area contributed by atoms with E-state index in [9.17, 15) is 29.1 Å². The smallest absolute Gasteiger partial charge is 0.408 e. The van der Waals surface area contributed by atoms with E-state index in [1.54, 1.807) is 30.3 Å². The summed E-state index contributed by atoms with van der Waals surface area (Å²) in [6.07, 6.45) is -1.57. The van der Waals surface area contributed by atoms with Gasteiger partial charge in [0.15, 0.2) is 0 Å². The van der Waals surface area contributed by atoms with Gasteiger partial charge in [-0.2, -0.15) is 0 Å². The van der Waals surface area contributed by atoms with Crippen molar-refractivity contribution in [2.24, 2.45) is 11.5 Å². The zero-order chi connectivity index (χ0) is 21.8. The topological polar surface area (TPSA) is 203 Å². The molecule has 1 aromatic carbocycles. The van der Waals surface area contributed by atoms with Crippen molar-refractivity contribution >= 4 is 29.7 Å². The minimum absolute atomic E-state index is 0.0770. The number of benzene rings is 1. The van der Waals surface area contributed by atoms with Crippen LogP contribution in [0, 0.1) is 0 Å². The molecule has 0 fully saturated rings. The first-order valence-corrected chi connectivity index (χ1v) is 8.45. The Kier molecular flexibility index (Phi) is 9.61. The Morgan fingerprint density at radius 3 is 2.14 bits per heavy atom. The number of amides is 5. The van der Waals surface area contributed by atoms with Crippen molar-refractivity contribution in [1.82, 2.24) is 16.0 Å². The molecule has 0 aliphatic heterocycles. The lowest BCUT2D eigenvalue weighted by molar-refractivity contribution is -0.132. The van der Waals surface area contributed by atoms with E-state index in [1.165, 1.54) is 0 Å². The normalized spacial score (nSPS) is 12.2. The molecule has 29 heavy (non-hydrogen) atoms. The van der Waals surface area contributed by atoms with E-state index >= 15 is 0 Å². The maximum Gasteiger partial charge on any atom is 0.408 e. The number of primary amides is 2. The van der Waals surface area contributed by atoms with E-state index in [0.717, 1.165) is 0 Å². The molecule has 0 aliphatic carbocycles. The van der Waals surface area contributed by atoms with E-state index in [0.29, 0.717) is 5.56 Å². The molecular formula is C17H23N5O7. The molecule has 2 atom stereocenters. The van der Waals surface area contributed by atoms with Gasteiger partial charge < -0.3 is 37.3 Å². The van der Waals surface area contributed by atoms with Crippen molar-refractivity contribution in [2.45, 2.75) is 25.1 Å². The van der Waals surface area contributed by atoms with Gasteiger partial charge in [0.05, 0.1) is 19.6 Å². The molecule has 1 aromatic rings. The average molecular weight is 409 g/mol. The second-order valence-corrected chi connectivity index (χ2v) is 5.86. The van der Waals surface area contributed by atoms with Crippen molar-refractivity contribution < 1.29 is 33.8 Å². The predicted octanol–water partition coefficient (Wildman–Crippen LogP) is -2.76. The summed E-state index contributed by atoms with van der Waals surface area (Å²) in [7, 11) is 0. The molecule has 158 valence electrons. The maximum absolute atomic E-state index is 12.3. The molecule has 1 rings (SSSR count). The Morgan fingerprint density at radius 1 is 0.931 bits per heavy atom. The molecule has 0 saturated heterocycles. The van der Waals surface area contributed by atoms with E-state index < -0.39 is 61.4 Å². The Morgan fingerprint density at radius 2 is 1.59 bits per heavy atom. The number of rotatable bonds is 11. The highest BCUT2D eigenvalue weighted by atomic mass is 16.5. The average Bonchev–Trinajstić information content (AvgIpc) is 2.68. The van der Waals surface area contributed by atoms with Gasteiger partial charge in [-0.05, 0) is 5.56 Å². The van der Waals surface area contributed by atoms with Crippen molar-refractivity contribution in [3.63, 3.8) is 0 Å². The summed E-state index contributed by atoms with van der Waals surface area (Å²) < 4.78 is 4.97. The van der Waals surface area contributed by atoms with Crippen molar-refractivity contribution in [2.75, 3.05) is 13.2 Å². The van der Waals surface area contributed by atoms with Crippen molar-refractivity contribution in [1.29, 1.82) is 0 Å². The third-order valence-electron chi connectivity index (χ3n) is 3.48. The van der Waals surface area contributed by atoms with Gasteiger partial charge in [-0.15, -0.1) is 0 Å². The Labute approximate surface area is 165 Å². The highest BCUT2D eigenvalue weighted by Crippen LogP contribution is 2.02. The molecule has 0 aromatic heterocycles. The van der Waals surface area contributed by atoms with Gasteiger partial charge in [0, 0.05) is 0 Å². The number of alkyl carbamates (subject to hydrolysis) is 1. The molecule has 0 unspecified atom stereocenters. The first kappa shape index (κ1) is 23.4. The van der Waals surface area contributed by atoms with E-state index in [1.807, 2.05) is 0 Å². The molecule has 12 nitrogen and oxygen atoms in total. The molecule has 0 aliphatic rings. The SMILES string of the molecule is NC(=O)CNC(=O)[C@H](CO)NC(=O)[C@H](CC(N)=O)NC(=O)OCc1ccccc1. The summed E-state index contributed by atoms with van der Waals surface area (Å²) in [4.78, 5) is 58.0. The molecule has 0 bridgehead atoms. The number of nitrogens with two attached hydrogens (primary N) is 2. The number of ether oxygens (including phenoxy) is 1. The van der Waals surface area contributed by atoms with Gasteiger partial charge in [-0.1, -0.05) is 30.3 Å². The lowest BCUT2D eigenvalue weighted by Gasteiger charge is -2.21. The number of aliphatic hydroxyl groups excluding tert-OH is 1. The van der Waals surface area contributed by atoms with Crippen molar-refractivity contribution in [3.8, 4) is 0 Å². The number of hydrogen-bond acceptors (Lipinski definition) is 7. The summed E-state index contributed by atoms with van der Waals surface area (Å²) in [5.74, 6) is -3.57. The molecule has 0 radical (unpaired) electrons. The van der Waals surface area contributed by atoms with Crippen LogP contribution in [0.25, 0.3) is 0 Å². The van der Waals surface area contributed by atoms with Crippen LogP contribution in [-0.4, -0.2) is 60.1 Å². The number of aliphatic hydroxyl groups is 1. The van der Waals surface area contributed by atoms with Crippen molar-refractivity contribution in [3.05, 3.63) is 35.9 Å². The second-order valence-electron chi connectivity index (χ2n) is 5.86. The molecule has 0 spiro atoms. The van der Waals surface area contributed by atoms with E-state index in [-0.39, 0.29) is 6.61 Å². The van der Waals surface area contributed by atoms with Crippen LogP contribution in [0.2, 0.25) is 0 Å². The van der Waals surface area contributed by atoms with Crippen LogP contribution in [0.4, 0.5) is 4.79 Å². The van der Waals surface area contributed by atoms with Crippen LogP contribution in [0.3, 0.4) is 0 Å². The van der Waals surface area contributed by atoms with Gasteiger partial charge >= 0.3 is 6.09 Å². The summed E-state index contributed by atoms with van der Waals surface area (Å²) in [6.45, 7) is -1.38. The third-order valence-corrected chi connectivity index (χ3v) is 3.48. The monoisotopic (exact) mass is 409 g/mol. The highest BCUT2D eigenvalue weighted by Gasteiger charge is 2.28. The zero-order valence-electron chi connectivity index (χ0n) is 15.4. The molecule has 12 heteroatoms. The van der Waals surface area contributed by atoms with Gasteiger partial charge in [-0.25, -0.2) is 4.79 Å². The zero-order valence-corrected chi connectivity index (χ0v) is 15.4. The van der Waals surface area contributed by atoms with Crippen LogP contribution in [0.15, 0.2) is 30.3 Å². The minimum atomic E-state index is -1.45. The van der Waals surface area contributed by atoms with Gasteiger partial charge in [0.2, 0.25) is 23.6 Å². The van der Waals surface area contributed by atoms with Crippen LogP contribution in [-0.2, 0) is 30.5 Å². The predicted molar refractivity (Wildman–Crippen MR) is 98.6 cm³/mol. The summed E-state index contributed by atoms with van der Waals surface area (Å²) in [5.41, 5.74) is 10.7. The Hall–Kier alpha value is -3.67. The van der Waals surface area contributed by atoms with Crippen LogP contribution >= 0.6 is 0 Å². The first-order valence-electron chi connectivity index (χ1n) is 8.45. The van der Waals surface area contributed by atoms with Crippen LogP contribution in [0.5, 0.6) is 0 Å². The molecule has 0 saturated carbocycles. The number of carbonyl (C=O) groups excluding carboxylic acids is 5. The molecule has 5 amide bonds. The first-order chi connectivity index (χ1) is 13.7. The number of hydrogen-bond donors (Lipinski definition) is 6. The standard InChI is InChI=1S/C17H23N5O7/c18-13(24)6-11(22-17(28)29-9-10-4-2-1-3-5-10)16(27)21-12(8-23)15(26)20-7-14(19)25/h1-5,11-12,23H,6-9H2,(H2,18,24)(H2,19,25)(H,20,26)(H,21,27)(H,22,28)/t11-,12-/m0/s1.